The van der Waals surface area contributed by atoms with Crippen LogP contribution in [0.25, 0.3) is 20.4 Å². The highest BCUT2D eigenvalue weighted by Crippen LogP contribution is 2.42. The van der Waals surface area contributed by atoms with Gasteiger partial charge < -0.3 is 25.2 Å². The van der Waals surface area contributed by atoms with E-state index in [4.69, 9.17) is 4.74 Å². The SMILES string of the molecule is COc1cc2nnsc2cc1Nc1ncnc2sc3c(c12)CC[C@H](C(=O)N1C[C@H](O)[C@@H](O)C1)C3. The van der Waals surface area contributed by atoms with Gasteiger partial charge in [-0.15, -0.1) is 16.4 Å². The number of nitrogens with one attached hydrogen (secondary N) is 1. The van der Waals surface area contributed by atoms with Gasteiger partial charge in [0.15, 0.2) is 0 Å². The highest BCUT2D eigenvalue weighted by molar-refractivity contribution is 7.19. The summed E-state index contributed by atoms with van der Waals surface area (Å²) >= 11 is 2.91. The van der Waals surface area contributed by atoms with Gasteiger partial charge in [0, 0.05) is 30.0 Å². The smallest absolute Gasteiger partial charge is 0.226 e. The van der Waals surface area contributed by atoms with Crippen LogP contribution in [0.1, 0.15) is 16.9 Å². The Balaban J connectivity index is 1.31. The summed E-state index contributed by atoms with van der Waals surface area (Å²) < 4.78 is 10.5. The van der Waals surface area contributed by atoms with Gasteiger partial charge >= 0.3 is 0 Å². The Hall–Kier alpha value is -2.93. The van der Waals surface area contributed by atoms with E-state index in [-0.39, 0.29) is 24.9 Å². The van der Waals surface area contributed by atoms with Crippen LogP contribution in [-0.4, -0.2) is 73.0 Å². The van der Waals surface area contributed by atoms with Gasteiger partial charge in [0.05, 0.1) is 35.1 Å². The molecule has 12 heteroatoms. The molecule has 10 nitrogen and oxygen atoms in total. The minimum absolute atomic E-state index is 0.000607. The van der Waals surface area contributed by atoms with E-state index in [1.807, 2.05) is 12.1 Å². The first kappa shape index (κ1) is 21.6. The zero-order chi connectivity index (χ0) is 23.4. The van der Waals surface area contributed by atoms with Gasteiger partial charge in [-0.2, -0.15) is 0 Å². The number of carbonyl (C=O) groups is 1. The topological polar surface area (TPSA) is 134 Å². The Morgan fingerprint density at radius 1 is 1.24 bits per heavy atom. The maximum absolute atomic E-state index is 13.0. The minimum Gasteiger partial charge on any atom is -0.494 e. The fourth-order valence-electron chi connectivity index (χ4n) is 4.83. The van der Waals surface area contributed by atoms with Crippen molar-refractivity contribution < 1.29 is 19.7 Å². The molecular formula is C22H22N6O4S2. The molecule has 1 aliphatic carbocycles. The van der Waals surface area contributed by atoms with Gasteiger partial charge in [0.2, 0.25) is 5.91 Å². The standard InChI is InChI=1S/C22H22N6O4S2/c1-32-16-5-13-18(34-27-26-13)6-12(16)25-20-19-11-3-2-10(4-17(11)33-21(19)24-9-23-20)22(31)28-7-14(29)15(30)8-28/h5-6,9-10,14-15,29-30H,2-4,7-8H2,1H3,(H,23,24,25)/t10-,14-,15-/m0/s1. The van der Waals surface area contributed by atoms with Crippen molar-refractivity contribution in [3.8, 4) is 5.75 Å². The van der Waals surface area contributed by atoms with Crippen molar-refractivity contribution in [3.05, 3.63) is 28.9 Å². The number of anilines is 2. The molecule has 0 radical (unpaired) electrons. The first-order valence-electron chi connectivity index (χ1n) is 11.0. The summed E-state index contributed by atoms with van der Waals surface area (Å²) in [7, 11) is 1.61. The number of nitrogens with zero attached hydrogens (tertiary/aromatic N) is 5. The molecule has 6 rings (SSSR count). The summed E-state index contributed by atoms with van der Waals surface area (Å²) in [4.78, 5) is 25.7. The summed E-state index contributed by atoms with van der Waals surface area (Å²) in [6.45, 7) is 0.382. The van der Waals surface area contributed by atoms with Crippen LogP contribution in [0.3, 0.4) is 0 Å². The van der Waals surface area contributed by atoms with Crippen molar-refractivity contribution in [2.24, 2.45) is 5.92 Å². The van der Waals surface area contributed by atoms with Crippen LogP contribution < -0.4 is 10.1 Å². The van der Waals surface area contributed by atoms with Gasteiger partial charge in [-0.3, -0.25) is 4.79 Å². The number of hydrogen-bond donors (Lipinski definition) is 3. The summed E-state index contributed by atoms with van der Waals surface area (Å²) in [5, 5.41) is 28.2. The van der Waals surface area contributed by atoms with E-state index >= 15 is 0 Å². The number of β-amino-alcohol motifs (C(OH)–C–C–N with tert-alkyl or cyclic N) is 2. The number of fused-ring (bicyclic) bond motifs is 4. The molecule has 1 aromatic carbocycles. The van der Waals surface area contributed by atoms with E-state index in [1.165, 1.54) is 17.1 Å². The van der Waals surface area contributed by atoms with Crippen LogP contribution in [0.5, 0.6) is 5.75 Å². The van der Waals surface area contributed by atoms with Gasteiger partial charge in [-0.05, 0) is 42.4 Å². The average molecular weight is 499 g/mol. The molecule has 3 atom stereocenters. The van der Waals surface area contributed by atoms with Crippen LogP contribution >= 0.6 is 22.9 Å². The number of benzene rings is 1. The van der Waals surface area contributed by atoms with Crippen molar-refractivity contribution in [3.63, 3.8) is 0 Å². The lowest BCUT2D eigenvalue weighted by Gasteiger charge is -2.26. The number of hydrogen-bond acceptors (Lipinski definition) is 11. The lowest BCUT2D eigenvalue weighted by atomic mass is 9.87. The zero-order valence-electron chi connectivity index (χ0n) is 18.3. The maximum Gasteiger partial charge on any atom is 0.226 e. The molecule has 3 aromatic heterocycles. The van der Waals surface area contributed by atoms with Crippen LogP contribution in [0.15, 0.2) is 18.5 Å². The second-order valence-corrected chi connectivity index (χ2v) is 10.5. The number of methoxy groups -OCH3 is 1. The second-order valence-electron chi connectivity index (χ2n) is 8.64. The summed E-state index contributed by atoms with van der Waals surface area (Å²) in [6.07, 6.45) is 1.88. The molecule has 176 valence electrons. The Kier molecular flexibility index (Phi) is 5.32. The normalized spacial score (nSPS) is 22.3. The molecule has 4 aromatic rings. The van der Waals surface area contributed by atoms with Crippen LogP contribution in [0.4, 0.5) is 11.5 Å². The number of likely N-dealkylation sites (tertiary alicyclic amines) is 1. The molecule has 0 saturated carbocycles. The Labute approximate surface area is 202 Å². The largest absolute Gasteiger partial charge is 0.494 e. The number of thiophene rings is 1. The molecule has 34 heavy (non-hydrogen) atoms. The fourth-order valence-corrected chi connectivity index (χ4v) is 6.67. The monoisotopic (exact) mass is 498 g/mol. The molecule has 1 fully saturated rings. The van der Waals surface area contributed by atoms with Gasteiger partial charge in [-0.1, -0.05) is 4.49 Å². The number of aliphatic hydroxyl groups is 2. The van der Waals surface area contributed by atoms with Crippen molar-refractivity contribution in [2.45, 2.75) is 31.5 Å². The predicted molar refractivity (Wildman–Crippen MR) is 129 cm³/mol. The van der Waals surface area contributed by atoms with Crippen molar-refractivity contribution in [2.75, 3.05) is 25.5 Å². The number of aliphatic hydroxyl groups excluding tert-OH is 2. The average Bonchev–Trinajstić information content (AvgIpc) is 3.54. The molecule has 1 amide bonds. The summed E-state index contributed by atoms with van der Waals surface area (Å²) in [5.74, 6) is 1.19. The first-order chi connectivity index (χ1) is 16.5. The van der Waals surface area contributed by atoms with E-state index in [1.54, 1.807) is 29.7 Å². The molecule has 0 unspecified atom stereocenters. The molecule has 4 heterocycles. The fraction of sp³-hybridized carbons (Fsp3) is 0.409. The van der Waals surface area contributed by atoms with E-state index in [2.05, 4.69) is 24.9 Å². The third kappa shape index (κ3) is 3.57. The first-order valence-corrected chi connectivity index (χ1v) is 12.6. The molecular weight excluding hydrogens is 476 g/mol. The van der Waals surface area contributed by atoms with E-state index < -0.39 is 12.2 Å². The van der Waals surface area contributed by atoms with Crippen molar-refractivity contribution in [1.82, 2.24) is 24.5 Å². The predicted octanol–water partition coefficient (Wildman–Crippen LogP) is 2.12. The van der Waals surface area contributed by atoms with Crippen molar-refractivity contribution in [1.29, 1.82) is 0 Å². The molecule has 2 aliphatic rings. The Bertz CT molecular complexity index is 1400. The van der Waals surface area contributed by atoms with Crippen molar-refractivity contribution >= 4 is 60.7 Å². The highest BCUT2D eigenvalue weighted by atomic mass is 32.1. The lowest BCUT2D eigenvalue weighted by Crippen LogP contribution is -2.37. The summed E-state index contributed by atoms with van der Waals surface area (Å²) in [5.41, 5.74) is 2.73. The molecule has 1 saturated heterocycles. The highest BCUT2D eigenvalue weighted by Gasteiger charge is 2.37. The number of rotatable bonds is 4. The van der Waals surface area contributed by atoms with E-state index in [9.17, 15) is 15.0 Å². The van der Waals surface area contributed by atoms with Crippen LogP contribution in [-0.2, 0) is 17.6 Å². The molecule has 0 spiro atoms. The lowest BCUT2D eigenvalue weighted by molar-refractivity contribution is -0.135. The third-order valence-corrected chi connectivity index (χ3v) is 8.44. The second kappa shape index (κ2) is 8.38. The maximum atomic E-state index is 13.0. The van der Waals surface area contributed by atoms with Crippen LogP contribution in [0.2, 0.25) is 0 Å². The van der Waals surface area contributed by atoms with E-state index in [0.717, 1.165) is 37.4 Å². The Morgan fingerprint density at radius 2 is 2.06 bits per heavy atom. The summed E-state index contributed by atoms with van der Waals surface area (Å²) in [6, 6.07) is 3.81. The molecule has 1 aliphatic heterocycles. The number of ether oxygens (including phenoxy) is 1. The number of carbonyl (C=O) groups excluding carboxylic acids is 1. The number of aromatic nitrogens is 4. The number of amides is 1. The Morgan fingerprint density at radius 3 is 2.85 bits per heavy atom. The van der Waals surface area contributed by atoms with Gasteiger partial charge in [0.25, 0.3) is 0 Å². The quantitative estimate of drug-likeness (QED) is 0.387. The minimum atomic E-state index is -0.867. The zero-order valence-corrected chi connectivity index (χ0v) is 19.9. The van der Waals surface area contributed by atoms with Gasteiger partial charge in [0.1, 0.15) is 28.2 Å². The third-order valence-electron chi connectivity index (χ3n) is 6.59. The van der Waals surface area contributed by atoms with Crippen LogP contribution in [0, 0.1) is 5.92 Å². The number of aryl methyl sites for hydroxylation is 1. The molecule has 0 bridgehead atoms. The van der Waals surface area contributed by atoms with E-state index in [0.29, 0.717) is 24.4 Å². The molecule has 3 N–H and O–H groups in total. The van der Waals surface area contributed by atoms with Gasteiger partial charge in [-0.25, -0.2) is 9.97 Å².